The smallest absolute Gasteiger partial charge is 0.182 e. The molecule has 0 amide bonds. The zero-order chi connectivity index (χ0) is 15.0. The number of tetrazole rings is 1. The maximum atomic E-state index is 6.04. The predicted octanol–water partition coefficient (Wildman–Crippen LogP) is 2.42. The van der Waals surface area contributed by atoms with Gasteiger partial charge in [-0.1, -0.05) is 15.9 Å². The minimum Gasteiger partial charge on any atom is -0.398 e. The molecule has 21 heavy (non-hydrogen) atoms. The first-order valence-corrected chi connectivity index (χ1v) is 7.79. The van der Waals surface area contributed by atoms with E-state index in [1.807, 2.05) is 23.7 Å². The van der Waals surface area contributed by atoms with Crippen LogP contribution in [0, 0.1) is 12.8 Å². The second kappa shape index (κ2) is 5.73. The van der Waals surface area contributed by atoms with Gasteiger partial charge in [0.25, 0.3) is 0 Å². The van der Waals surface area contributed by atoms with Crippen LogP contribution < -0.4 is 5.73 Å². The van der Waals surface area contributed by atoms with Crippen molar-refractivity contribution < 1.29 is 4.74 Å². The highest BCUT2D eigenvalue weighted by Crippen LogP contribution is 2.30. The molecule has 2 unspecified atom stereocenters. The SMILES string of the molecule is Cc1c(N)cc(Br)cc1-c1nnnn1CC1CCOC1C. The van der Waals surface area contributed by atoms with E-state index in [-0.39, 0.29) is 6.10 Å². The molecule has 3 rings (SSSR count). The van der Waals surface area contributed by atoms with Crippen LogP contribution in [0.15, 0.2) is 16.6 Å². The fourth-order valence-corrected chi connectivity index (χ4v) is 3.17. The van der Waals surface area contributed by atoms with E-state index in [4.69, 9.17) is 10.5 Å². The lowest BCUT2D eigenvalue weighted by Crippen LogP contribution is -2.19. The van der Waals surface area contributed by atoms with Crippen LogP contribution in [0.3, 0.4) is 0 Å². The summed E-state index contributed by atoms with van der Waals surface area (Å²) in [5.41, 5.74) is 8.71. The van der Waals surface area contributed by atoms with E-state index < -0.39 is 0 Å². The average molecular weight is 352 g/mol. The molecule has 2 aromatic rings. The number of hydrogen-bond donors (Lipinski definition) is 1. The van der Waals surface area contributed by atoms with Gasteiger partial charge in [0, 0.05) is 28.2 Å². The molecule has 112 valence electrons. The number of ether oxygens (including phenoxy) is 1. The molecule has 1 fully saturated rings. The highest BCUT2D eigenvalue weighted by atomic mass is 79.9. The number of nitrogens with two attached hydrogens (primary N) is 1. The monoisotopic (exact) mass is 351 g/mol. The summed E-state index contributed by atoms with van der Waals surface area (Å²) in [6.45, 7) is 5.66. The van der Waals surface area contributed by atoms with E-state index in [2.05, 4.69) is 38.4 Å². The molecule has 1 aromatic carbocycles. The number of nitrogens with zero attached hydrogens (tertiary/aromatic N) is 4. The number of rotatable bonds is 3. The summed E-state index contributed by atoms with van der Waals surface area (Å²) in [6, 6.07) is 3.89. The van der Waals surface area contributed by atoms with Crippen molar-refractivity contribution in [2.75, 3.05) is 12.3 Å². The Labute approximate surface area is 131 Å². The highest BCUT2D eigenvalue weighted by molar-refractivity contribution is 9.10. The van der Waals surface area contributed by atoms with Crippen LogP contribution in [0.1, 0.15) is 18.9 Å². The Bertz CT molecular complexity index is 657. The Morgan fingerprint density at radius 2 is 2.29 bits per heavy atom. The number of benzene rings is 1. The highest BCUT2D eigenvalue weighted by Gasteiger charge is 2.26. The lowest BCUT2D eigenvalue weighted by Gasteiger charge is -2.15. The zero-order valence-corrected chi connectivity index (χ0v) is 13.7. The van der Waals surface area contributed by atoms with Crippen LogP contribution in [-0.4, -0.2) is 32.9 Å². The zero-order valence-electron chi connectivity index (χ0n) is 12.1. The number of aromatic nitrogens is 4. The number of halogens is 1. The van der Waals surface area contributed by atoms with E-state index in [1.54, 1.807) is 0 Å². The molecule has 1 saturated heterocycles. The second-order valence-corrected chi connectivity index (χ2v) is 6.39. The molecule has 2 heterocycles. The van der Waals surface area contributed by atoms with Gasteiger partial charge in [0.15, 0.2) is 5.82 Å². The standard InChI is InChI=1S/C14H18BrN5O/c1-8-12(5-11(15)6-13(8)16)14-17-18-19-20(14)7-10-3-4-21-9(10)2/h5-6,9-10H,3-4,7,16H2,1-2H3. The summed E-state index contributed by atoms with van der Waals surface area (Å²) >= 11 is 3.48. The minimum atomic E-state index is 0.246. The summed E-state index contributed by atoms with van der Waals surface area (Å²) < 4.78 is 8.39. The molecule has 0 saturated carbocycles. The largest absolute Gasteiger partial charge is 0.398 e. The van der Waals surface area contributed by atoms with Gasteiger partial charge in [0.1, 0.15) is 0 Å². The normalized spacial score (nSPS) is 21.9. The lowest BCUT2D eigenvalue weighted by molar-refractivity contribution is 0.101. The Morgan fingerprint density at radius 3 is 3.00 bits per heavy atom. The van der Waals surface area contributed by atoms with E-state index in [0.717, 1.165) is 46.7 Å². The van der Waals surface area contributed by atoms with Crippen LogP contribution >= 0.6 is 15.9 Å². The molecule has 1 aromatic heterocycles. The summed E-state index contributed by atoms with van der Waals surface area (Å²) in [5, 5.41) is 12.1. The van der Waals surface area contributed by atoms with Gasteiger partial charge in [-0.25, -0.2) is 4.68 Å². The molecule has 2 atom stereocenters. The maximum Gasteiger partial charge on any atom is 0.182 e. The quantitative estimate of drug-likeness (QED) is 0.859. The van der Waals surface area contributed by atoms with Crippen molar-refractivity contribution in [2.24, 2.45) is 5.92 Å². The van der Waals surface area contributed by atoms with E-state index >= 15 is 0 Å². The van der Waals surface area contributed by atoms with Gasteiger partial charge in [-0.3, -0.25) is 0 Å². The van der Waals surface area contributed by atoms with Crippen LogP contribution in [0.2, 0.25) is 0 Å². The van der Waals surface area contributed by atoms with Crippen LogP contribution in [0.25, 0.3) is 11.4 Å². The van der Waals surface area contributed by atoms with Gasteiger partial charge in [-0.15, -0.1) is 5.10 Å². The van der Waals surface area contributed by atoms with Crippen molar-refractivity contribution in [3.05, 3.63) is 22.2 Å². The molecular formula is C14H18BrN5O. The third kappa shape index (κ3) is 2.80. The van der Waals surface area contributed by atoms with Crippen molar-refractivity contribution >= 4 is 21.6 Å². The molecule has 6 nitrogen and oxygen atoms in total. The molecule has 0 bridgehead atoms. The predicted molar refractivity (Wildman–Crippen MR) is 83.6 cm³/mol. The van der Waals surface area contributed by atoms with E-state index in [1.165, 1.54) is 0 Å². The Kier molecular flexibility index (Phi) is 3.95. The summed E-state index contributed by atoms with van der Waals surface area (Å²) in [5.74, 6) is 1.19. The van der Waals surface area contributed by atoms with Gasteiger partial charge in [0.05, 0.1) is 12.6 Å². The molecule has 1 aliphatic heterocycles. The number of hydrogen-bond acceptors (Lipinski definition) is 5. The average Bonchev–Trinajstić information content (AvgIpc) is 3.05. The first-order valence-electron chi connectivity index (χ1n) is 7.00. The van der Waals surface area contributed by atoms with Crippen LogP contribution in [0.4, 0.5) is 5.69 Å². The van der Waals surface area contributed by atoms with Gasteiger partial charge in [-0.05, 0) is 48.4 Å². The van der Waals surface area contributed by atoms with Crippen molar-refractivity contribution in [3.63, 3.8) is 0 Å². The number of nitrogen functional groups attached to an aromatic ring is 1. The third-order valence-electron chi connectivity index (χ3n) is 4.13. The summed E-state index contributed by atoms with van der Waals surface area (Å²) in [7, 11) is 0. The van der Waals surface area contributed by atoms with Crippen molar-refractivity contribution in [1.82, 2.24) is 20.2 Å². The molecule has 2 N–H and O–H groups in total. The van der Waals surface area contributed by atoms with Crippen molar-refractivity contribution in [2.45, 2.75) is 32.9 Å². The molecule has 0 spiro atoms. The van der Waals surface area contributed by atoms with Gasteiger partial charge < -0.3 is 10.5 Å². The topological polar surface area (TPSA) is 78.9 Å². The first kappa shape index (κ1) is 14.5. The first-order chi connectivity index (χ1) is 10.1. The van der Waals surface area contributed by atoms with Crippen molar-refractivity contribution in [3.8, 4) is 11.4 Å². The number of anilines is 1. The van der Waals surface area contributed by atoms with Gasteiger partial charge >= 0.3 is 0 Å². The van der Waals surface area contributed by atoms with Crippen molar-refractivity contribution in [1.29, 1.82) is 0 Å². The van der Waals surface area contributed by atoms with E-state index in [9.17, 15) is 0 Å². The Hall–Kier alpha value is -1.47. The van der Waals surface area contributed by atoms with Crippen LogP contribution in [-0.2, 0) is 11.3 Å². The molecular weight excluding hydrogens is 334 g/mol. The molecule has 7 heteroatoms. The summed E-state index contributed by atoms with van der Waals surface area (Å²) in [6.07, 6.45) is 1.29. The Morgan fingerprint density at radius 1 is 1.48 bits per heavy atom. The van der Waals surface area contributed by atoms with E-state index in [0.29, 0.717) is 5.92 Å². The third-order valence-corrected chi connectivity index (χ3v) is 4.58. The van der Waals surface area contributed by atoms with Gasteiger partial charge in [0.2, 0.25) is 0 Å². The fraction of sp³-hybridized carbons (Fsp3) is 0.500. The molecule has 1 aliphatic rings. The summed E-state index contributed by atoms with van der Waals surface area (Å²) in [4.78, 5) is 0. The molecule has 0 radical (unpaired) electrons. The fourth-order valence-electron chi connectivity index (χ4n) is 2.69. The van der Waals surface area contributed by atoms with Crippen LogP contribution in [0.5, 0.6) is 0 Å². The Balaban J connectivity index is 1.95. The van der Waals surface area contributed by atoms with Gasteiger partial charge in [-0.2, -0.15) is 0 Å². The lowest BCUT2D eigenvalue weighted by atomic mass is 10.0. The molecule has 0 aliphatic carbocycles. The minimum absolute atomic E-state index is 0.246. The maximum absolute atomic E-state index is 6.04. The second-order valence-electron chi connectivity index (χ2n) is 5.48.